The number of carbonyl (C=O) groups excluding carboxylic acids is 1. The van der Waals surface area contributed by atoms with Crippen molar-refractivity contribution in [1.29, 1.82) is 0 Å². The maximum absolute atomic E-state index is 12.2. The number of imidazole rings is 2. The van der Waals surface area contributed by atoms with Gasteiger partial charge in [0.15, 0.2) is 5.82 Å². The van der Waals surface area contributed by atoms with Crippen molar-refractivity contribution in [2.45, 2.75) is 32.9 Å². The van der Waals surface area contributed by atoms with Crippen LogP contribution in [-0.4, -0.2) is 55.9 Å². The molecule has 2 rings (SSSR count). The SMILES string of the molecule is CO/N=C\c1cnc(-c2ncn(CC(=O)N[C@@H](CC(C)C)C(=O)O)c2N)[nH]1. The Bertz CT molecular complexity index is 825. The summed E-state index contributed by atoms with van der Waals surface area (Å²) in [6, 6.07) is -0.950. The topological polar surface area (TPSA) is 161 Å². The molecule has 0 aliphatic carbocycles. The summed E-state index contributed by atoms with van der Waals surface area (Å²) in [7, 11) is 1.43. The van der Waals surface area contributed by atoms with Gasteiger partial charge >= 0.3 is 5.97 Å². The molecule has 1 atom stereocenters. The number of carboxylic acids is 1. The molecule has 0 aromatic carbocycles. The molecule has 0 radical (unpaired) electrons. The van der Waals surface area contributed by atoms with E-state index < -0.39 is 17.9 Å². The van der Waals surface area contributed by atoms with E-state index in [9.17, 15) is 14.7 Å². The second kappa shape index (κ2) is 8.83. The van der Waals surface area contributed by atoms with Crippen molar-refractivity contribution >= 4 is 23.9 Å². The number of rotatable bonds is 9. The summed E-state index contributed by atoms with van der Waals surface area (Å²) in [5, 5.41) is 15.3. The summed E-state index contributed by atoms with van der Waals surface area (Å²) in [5.74, 6) is -0.771. The first-order valence-electron chi connectivity index (χ1n) is 8.26. The number of H-pyrrole nitrogens is 1. The Kier molecular flexibility index (Phi) is 6.52. The van der Waals surface area contributed by atoms with E-state index in [2.05, 4.69) is 30.3 Å². The van der Waals surface area contributed by atoms with Crippen LogP contribution in [0.5, 0.6) is 0 Å². The van der Waals surface area contributed by atoms with Crippen molar-refractivity contribution < 1.29 is 19.5 Å². The highest BCUT2D eigenvalue weighted by Gasteiger charge is 2.22. The van der Waals surface area contributed by atoms with Crippen LogP contribution in [0.2, 0.25) is 0 Å². The molecule has 0 unspecified atom stereocenters. The van der Waals surface area contributed by atoms with Gasteiger partial charge in [-0.15, -0.1) is 0 Å². The molecule has 11 heteroatoms. The third-order valence-electron chi connectivity index (χ3n) is 3.65. The van der Waals surface area contributed by atoms with E-state index in [1.54, 1.807) is 0 Å². The van der Waals surface area contributed by atoms with Crippen molar-refractivity contribution in [1.82, 2.24) is 24.8 Å². The number of nitrogen functional groups attached to an aromatic ring is 1. The number of hydrogen-bond acceptors (Lipinski definition) is 7. The second-order valence-electron chi connectivity index (χ2n) is 6.30. The predicted molar refractivity (Wildman–Crippen MR) is 97.8 cm³/mol. The monoisotopic (exact) mass is 377 g/mol. The van der Waals surface area contributed by atoms with E-state index in [1.165, 1.54) is 30.4 Å². The van der Waals surface area contributed by atoms with Crippen molar-refractivity contribution in [2.24, 2.45) is 11.1 Å². The molecule has 2 heterocycles. The van der Waals surface area contributed by atoms with Gasteiger partial charge in [0.2, 0.25) is 5.91 Å². The number of amides is 1. The molecule has 5 N–H and O–H groups in total. The van der Waals surface area contributed by atoms with E-state index in [4.69, 9.17) is 5.73 Å². The van der Waals surface area contributed by atoms with E-state index in [-0.39, 0.29) is 18.3 Å². The molecule has 0 fully saturated rings. The molecule has 2 aromatic rings. The molecule has 27 heavy (non-hydrogen) atoms. The Morgan fingerprint density at radius 3 is 2.85 bits per heavy atom. The minimum absolute atomic E-state index is 0.131. The van der Waals surface area contributed by atoms with Gasteiger partial charge in [0.05, 0.1) is 24.4 Å². The lowest BCUT2D eigenvalue weighted by atomic mass is 10.0. The molecule has 0 saturated heterocycles. The van der Waals surface area contributed by atoms with Crippen LogP contribution >= 0.6 is 0 Å². The van der Waals surface area contributed by atoms with E-state index in [0.717, 1.165) is 0 Å². The van der Waals surface area contributed by atoms with Gasteiger partial charge in [0.25, 0.3) is 0 Å². The summed E-state index contributed by atoms with van der Waals surface area (Å²) in [6.45, 7) is 3.62. The number of anilines is 1. The molecular weight excluding hydrogens is 354 g/mol. The van der Waals surface area contributed by atoms with Gasteiger partial charge in [-0.05, 0) is 12.3 Å². The zero-order valence-corrected chi connectivity index (χ0v) is 15.3. The fraction of sp³-hybridized carbons (Fsp3) is 0.438. The molecular formula is C16H23N7O4. The van der Waals surface area contributed by atoms with Crippen LogP contribution in [0.3, 0.4) is 0 Å². The standard InChI is InChI=1S/C16H23N7O4/c1-9(2)4-11(16(25)26)22-12(24)7-23-8-19-13(14(23)17)15-18-5-10(21-15)6-20-27-3/h5-6,8-9,11H,4,7,17H2,1-3H3,(H,18,21)(H,22,24)(H,25,26)/b20-6-/t11-/m0/s1. The fourth-order valence-corrected chi connectivity index (χ4v) is 2.42. The first kappa shape index (κ1) is 19.9. The van der Waals surface area contributed by atoms with Gasteiger partial charge in [-0.3, -0.25) is 4.79 Å². The smallest absolute Gasteiger partial charge is 0.326 e. The highest BCUT2D eigenvalue weighted by atomic mass is 16.6. The number of carboxylic acid groups (broad SMARTS) is 1. The number of nitrogens with zero attached hydrogens (tertiary/aromatic N) is 4. The molecule has 146 valence electrons. The van der Waals surface area contributed by atoms with Gasteiger partial charge in [-0.2, -0.15) is 0 Å². The van der Waals surface area contributed by atoms with E-state index >= 15 is 0 Å². The summed E-state index contributed by atoms with van der Waals surface area (Å²) in [4.78, 5) is 39.4. The zero-order valence-electron chi connectivity index (χ0n) is 15.3. The van der Waals surface area contributed by atoms with Gasteiger partial charge in [-0.25, -0.2) is 14.8 Å². The predicted octanol–water partition coefficient (Wildman–Crippen LogP) is 0.451. The molecule has 0 spiro atoms. The van der Waals surface area contributed by atoms with Crippen molar-refractivity contribution in [3.63, 3.8) is 0 Å². The minimum Gasteiger partial charge on any atom is -0.480 e. The fourth-order valence-electron chi connectivity index (χ4n) is 2.42. The quantitative estimate of drug-likeness (QED) is 0.364. The maximum Gasteiger partial charge on any atom is 0.326 e. The third-order valence-corrected chi connectivity index (χ3v) is 3.65. The Labute approximate surface area is 155 Å². The number of oxime groups is 1. The molecule has 11 nitrogen and oxygen atoms in total. The van der Waals surface area contributed by atoms with Crippen molar-refractivity contribution in [3.8, 4) is 11.5 Å². The van der Waals surface area contributed by atoms with Gasteiger partial charge in [0, 0.05) is 0 Å². The average molecular weight is 377 g/mol. The highest BCUT2D eigenvalue weighted by Crippen LogP contribution is 2.21. The highest BCUT2D eigenvalue weighted by molar-refractivity contribution is 5.84. The lowest BCUT2D eigenvalue weighted by Gasteiger charge is -2.16. The van der Waals surface area contributed by atoms with Crippen molar-refractivity contribution in [3.05, 3.63) is 18.2 Å². The molecule has 0 aliphatic rings. The van der Waals surface area contributed by atoms with Crippen LogP contribution in [0, 0.1) is 5.92 Å². The number of aromatic nitrogens is 4. The first-order chi connectivity index (χ1) is 12.8. The minimum atomic E-state index is -1.07. The molecule has 0 bridgehead atoms. The number of aromatic amines is 1. The summed E-state index contributed by atoms with van der Waals surface area (Å²) < 4.78 is 1.42. The van der Waals surface area contributed by atoms with E-state index in [0.29, 0.717) is 23.6 Å². The third kappa shape index (κ3) is 5.30. The van der Waals surface area contributed by atoms with Crippen LogP contribution in [0.25, 0.3) is 11.5 Å². The Morgan fingerprint density at radius 1 is 1.48 bits per heavy atom. The Hall–Kier alpha value is -3.37. The zero-order chi connectivity index (χ0) is 20.0. The van der Waals surface area contributed by atoms with E-state index in [1.807, 2.05) is 13.8 Å². The lowest BCUT2D eigenvalue weighted by Crippen LogP contribution is -2.43. The van der Waals surface area contributed by atoms with Crippen LogP contribution < -0.4 is 11.1 Å². The van der Waals surface area contributed by atoms with Crippen LogP contribution in [0.15, 0.2) is 17.7 Å². The molecule has 0 aliphatic heterocycles. The number of nitrogens with two attached hydrogens (primary N) is 1. The molecule has 1 amide bonds. The largest absolute Gasteiger partial charge is 0.480 e. The Morgan fingerprint density at radius 2 is 2.22 bits per heavy atom. The lowest BCUT2D eigenvalue weighted by molar-refractivity contribution is -0.142. The normalized spacial score (nSPS) is 12.4. The Balaban J connectivity index is 2.08. The molecule has 0 saturated carbocycles. The maximum atomic E-state index is 12.2. The number of nitrogens with one attached hydrogen (secondary N) is 2. The second-order valence-corrected chi connectivity index (χ2v) is 6.30. The summed E-state index contributed by atoms with van der Waals surface area (Å²) >= 11 is 0. The van der Waals surface area contributed by atoms with Gasteiger partial charge in [-0.1, -0.05) is 19.0 Å². The summed E-state index contributed by atoms with van der Waals surface area (Å²) in [6.07, 6.45) is 4.71. The number of hydrogen-bond donors (Lipinski definition) is 4. The number of aliphatic carboxylic acids is 1. The van der Waals surface area contributed by atoms with Crippen LogP contribution in [0.4, 0.5) is 5.82 Å². The van der Waals surface area contributed by atoms with Gasteiger partial charge in [0.1, 0.15) is 31.2 Å². The summed E-state index contributed by atoms with van der Waals surface area (Å²) in [5.41, 5.74) is 7.02. The number of carbonyl (C=O) groups is 2. The van der Waals surface area contributed by atoms with Crippen LogP contribution in [0.1, 0.15) is 26.0 Å². The van der Waals surface area contributed by atoms with Gasteiger partial charge < -0.3 is 30.5 Å². The first-order valence-corrected chi connectivity index (χ1v) is 8.26. The van der Waals surface area contributed by atoms with Crippen LogP contribution in [-0.2, 0) is 21.0 Å². The van der Waals surface area contributed by atoms with Crippen molar-refractivity contribution in [2.75, 3.05) is 12.8 Å². The molecule has 2 aromatic heterocycles. The average Bonchev–Trinajstić information content (AvgIpc) is 3.19.